The first-order valence-electron chi connectivity index (χ1n) is 7.56. The van der Waals surface area contributed by atoms with Crippen LogP contribution in [0.2, 0.25) is 0 Å². The van der Waals surface area contributed by atoms with Gasteiger partial charge in [-0.25, -0.2) is 18.5 Å². The van der Waals surface area contributed by atoms with E-state index in [-0.39, 0.29) is 10.8 Å². The van der Waals surface area contributed by atoms with Crippen LogP contribution in [-0.2, 0) is 14.8 Å². The summed E-state index contributed by atoms with van der Waals surface area (Å²) < 4.78 is 22.5. The first-order valence-corrected chi connectivity index (χ1v) is 9.92. The summed E-state index contributed by atoms with van der Waals surface area (Å²) in [5.41, 5.74) is 1.55. The third kappa shape index (κ3) is 4.69. The summed E-state index contributed by atoms with van der Waals surface area (Å²) in [6.07, 6.45) is 5.43. The fraction of sp³-hybridized carbons (Fsp3) is 0. The number of primary sulfonamides is 1. The predicted octanol–water partition coefficient (Wildman–Crippen LogP) is 2.78. The molecular formula is C18H15N3O3S2. The zero-order chi connectivity index (χ0) is 18.6. The number of amidine groups is 1. The Kier molecular flexibility index (Phi) is 5.36. The van der Waals surface area contributed by atoms with Gasteiger partial charge in [0, 0.05) is 0 Å². The summed E-state index contributed by atoms with van der Waals surface area (Å²) in [4.78, 5) is 16.8. The minimum atomic E-state index is -3.74. The topological polar surface area (TPSA) is 102 Å². The van der Waals surface area contributed by atoms with E-state index in [1.165, 1.54) is 36.0 Å². The molecule has 1 aliphatic rings. The Morgan fingerprint density at radius 2 is 1.73 bits per heavy atom. The quantitative estimate of drug-likeness (QED) is 0.790. The van der Waals surface area contributed by atoms with Crippen LogP contribution in [0.25, 0.3) is 6.08 Å². The van der Waals surface area contributed by atoms with Gasteiger partial charge in [-0.2, -0.15) is 0 Å². The van der Waals surface area contributed by atoms with Crippen LogP contribution < -0.4 is 10.5 Å². The number of carbonyl (C=O) groups excluding carboxylic acids is 1. The molecule has 0 bridgehead atoms. The molecule has 0 aliphatic carbocycles. The van der Waals surface area contributed by atoms with Crippen molar-refractivity contribution in [1.82, 2.24) is 5.32 Å². The number of nitrogens with two attached hydrogens (primary N) is 1. The molecule has 132 valence electrons. The Morgan fingerprint density at radius 3 is 2.38 bits per heavy atom. The second-order valence-corrected chi connectivity index (χ2v) is 7.90. The van der Waals surface area contributed by atoms with Gasteiger partial charge in [-0.1, -0.05) is 42.5 Å². The summed E-state index contributed by atoms with van der Waals surface area (Å²) in [6, 6.07) is 15.5. The zero-order valence-corrected chi connectivity index (χ0v) is 15.1. The van der Waals surface area contributed by atoms with Gasteiger partial charge >= 0.3 is 0 Å². The first-order chi connectivity index (χ1) is 12.4. The van der Waals surface area contributed by atoms with Crippen molar-refractivity contribution in [3.63, 3.8) is 0 Å². The van der Waals surface area contributed by atoms with Gasteiger partial charge in [-0.3, -0.25) is 4.79 Å². The number of hydrogen-bond donors (Lipinski definition) is 2. The predicted molar refractivity (Wildman–Crippen MR) is 104 cm³/mol. The second-order valence-electron chi connectivity index (χ2n) is 5.31. The summed E-state index contributed by atoms with van der Waals surface area (Å²) in [6.45, 7) is 0. The first kappa shape index (κ1) is 18.1. The maximum Gasteiger partial charge on any atom is 0.264 e. The summed E-state index contributed by atoms with van der Waals surface area (Å²) in [7, 11) is -3.74. The molecule has 1 fully saturated rings. The van der Waals surface area contributed by atoms with Crippen LogP contribution in [0.1, 0.15) is 5.56 Å². The fourth-order valence-corrected chi connectivity index (χ4v) is 3.44. The number of carbonyl (C=O) groups is 1. The number of aliphatic imine (C=N–C) groups is 1. The Hall–Kier alpha value is -2.68. The van der Waals surface area contributed by atoms with Crippen molar-refractivity contribution in [2.45, 2.75) is 4.90 Å². The van der Waals surface area contributed by atoms with Gasteiger partial charge < -0.3 is 5.32 Å². The van der Waals surface area contributed by atoms with E-state index in [0.29, 0.717) is 15.8 Å². The molecule has 1 aliphatic heterocycles. The molecule has 6 nitrogen and oxygen atoms in total. The molecular weight excluding hydrogens is 370 g/mol. The van der Waals surface area contributed by atoms with Gasteiger partial charge in [0.15, 0.2) is 5.17 Å². The SMILES string of the molecule is NS(=O)(=O)c1ccc(N=C2NC(=O)/C(=C/C=C/c3ccccc3)S2)cc1. The lowest BCUT2D eigenvalue weighted by atomic mass is 10.2. The van der Waals surface area contributed by atoms with E-state index in [9.17, 15) is 13.2 Å². The van der Waals surface area contributed by atoms with Gasteiger partial charge in [0.1, 0.15) is 0 Å². The Morgan fingerprint density at radius 1 is 1.04 bits per heavy atom. The van der Waals surface area contributed by atoms with Crippen molar-refractivity contribution < 1.29 is 13.2 Å². The number of allylic oxidation sites excluding steroid dienone is 2. The minimum absolute atomic E-state index is 0.0104. The molecule has 0 atom stereocenters. The summed E-state index contributed by atoms with van der Waals surface area (Å²) in [5.74, 6) is -0.229. The third-order valence-electron chi connectivity index (χ3n) is 3.38. The second kappa shape index (κ2) is 7.69. The highest BCUT2D eigenvalue weighted by Gasteiger charge is 2.23. The molecule has 2 aromatic rings. The van der Waals surface area contributed by atoms with Crippen LogP contribution in [0.5, 0.6) is 0 Å². The molecule has 0 spiro atoms. The number of benzene rings is 2. The van der Waals surface area contributed by atoms with Gasteiger partial charge in [-0.15, -0.1) is 0 Å². The third-order valence-corrected chi connectivity index (χ3v) is 5.24. The number of sulfonamides is 1. The Balaban J connectivity index is 1.72. The smallest absolute Gasteiger partial charge is 0.264 e. The molecule has 26 heavy (non-hydrogen) atoms. The maximum absolute atomic E-state index is 12.0. The maximum atomic E-state index is 12.0. The van der Waals surface area contributed by atoms with Crippen molar-refractivity contribution in [3.05, 3.63) is 77.2 Å². The average molecular weight is 385 g/mol. The van der Waals surface area contributed by atoms with Crippen LogP contribution >= 0.6 is 11.8 Å². The molecule has 2 aromatic carbocycles. The highest BCUT2D eigenvalue weighted by molar-refractivity contribution is 8.18. The van der Waals surface area contributed by atoms with E-state index in [4.69, 9.17) is 5.14 Å². The number of amides is 1. The van der Waals surface area contributed by atoms with Gasteiger partial charge in [0.05, 0.1) is 15.5 Å². The lowest BCUT2D eigenvalue weighted by Gasteiger charge is -1.99. The van der Waals surface area contributed by atoms with Gasteiger partial charge in [0.25, 0.3) is 5.91 Å². The molecule has 1 amide bonds. The van der Waals surface area contributed by atoms with Crippen molar-refractivity contribution in [2.24, 2.45) is 10.1 Å². The van der Waals surface area contributed by atoms with Gasteiger partial charge in [-0.05, 0) is 47.7 Å². The standard InChI is InChI=1S/C18H15N3O3S2/c19-26(23,24)15-11-9-14(10-12-15)20-18-21-17(22)16(25-18)8-4-7-13-5-2-1-3-6-13/h1-12H,(H2,19,23,24)(H,20,21,22)/b7-4+,16-8-. The molecule has 0 saturated carbocycles. The molecule has 0 unspecified atom stereocenters. The van der Waals surface area contributed by atoms with Crippen molar-refractivity contribution >= 4 is 44.6 Å². The van der Waals surface area contributed by atoms with E-state index >= 15 is 0 Å². The molecule has 0 radical (unpaired) electrons. The van der Waals surface area contributed by atoms with E-state index in [0.717, 1.165) is 5.56 Å². The molecule has 1 saturated heterocycles. The molecule has 3 N–H and O–H groups in total. The van der Waals surface area contributed by atoms with Crippen LogP contribution in [0.4, 0.5) is 5.69 Å². The van der Waals surface area contributed by atoms with E-state index in [2.05, 4.69) is 10.3 Å². The molecule has 3 rings (SSSR count). The van der Waals surface area contributed by atoms with Crippen LogP contribution in [0.3, 0.4) is 0 Å². The number of hydrogen-bond acceptors (Lipinski definition) is 5. The lowest BCUT2D eigenvalue weighted by Crippen LogP contribution is -2.19. The van der Waals surface area contributed by atoms with Crippen LogP contribution in [-0.4, -0.2) is 19.5 Å². The van der Waals surface area contributed by atoms with E-state index in [1.54, 1.807) is 12.2 Å². The van der Waals surface area contributed by atoms with Crippen LogP contribution in [0.15, 0.2) is 81.5 Å². The highest BCUT2D eigenvalue weighted by atomic mass is 32.2. The fourth-order valence-electron chi connectivity index (χ4n) is 2.13. The number of nitrogens with one attached hydrogen (secondary N) is 1. The Bertz CT molecular complexity index is 1010. The number of nitrogens with zero attached hydrogens (tertiary/aromatic N) is 1. The number of rotatable bonds is 4. The highest BCUT2D eigenvalue weighted by Crippen LogP contribution is 2.26. The minimum Gasteiger partial charge on any atom is -0.300 e. The van der Waals surface area contributed by atoms with Crippen molar-refractivity contribution in [2.75, 3.05) is 0 Å². The Labute approximate surface area is 155 Å². The average Bonchev–Trinajstić information content (AvgIpc) is 2.95. The summed E-state index contributed by atoms with van der Waals surface area (Å²) in [5, 5.41) is 8.16. The van der Waals surface area contributed by atoms with Crippen LogP contribution in [0, 0.1) is 0 Å². The summed E-state index contributed by atoms with van der Waals surface area (Å²) >= 11 is 1.21. The molecule has 1 heterocycles. The normalized spacial score (nSPS) is 18.0. The van der Waals surface area contributed by atoms with E-state index in [1.807, 2.05) is 36.4 Å². The largest absolute Gasteiger partial charge is 0.300 e. The lowest BCUT2D eigenvalue weighted by molar-refractivity contribution is -0.115. The van der Waals surface area contributed by atoms with E-state index < -0.39 is 10.0 Å². The molecule has 0 aromatic heterocycles. The number of thioether (sulfide) groups is 1. The van der Waals surface area contributed by atoms with Crippen molar-refractivity contribution in [1.29, 1.82) is 0 Å². The van der Waals surface area contributed by atoms with Crippen molar-refractivity contribution in [3.8, 4) is 0 Å². The molecule has 8 heteroatoms. The monoisotopic (exact) mass is 385 g/mol. The zero-order valence-electron chi connectivity index (χ0n) is 13.5. The van der Waals surface area contributed by atoms with Gasteiger partial charge in [0.2, 0.25) is 10.0 Å².